The summed E-state index contributed by atoms with van der Waals surface area (Å²) in [5.41, 5.74) is 7.39. The first-order valence-corrected chi connectivity index (χ1v) is 9.37. The molecule has 0 radical (unpaired) electrons. The number of carbonyl (C=O) groups excluding carboxylic acids is 1. The van der Waals surface area contributed by atoms with Crippen LogP contribution in [0, 0.1) is 20.8 Å². The monoisotopic (exact) mass is 366 g/mol. The molecule has 0 atom stereocenters. The van der Waals surface area contributed by atoms with Crippen molar-refractivity contribution in [2.75, 3.05) is 5.32 Å². The van der Waals surface area contributed by atoms with E-state index in [1.807, 2.05) is 74.5 Å². The maximum Gasteiger partial charge on any atom is 0.256 e. The van der Waals surface area contributed by atoms with E-state index in [1.165, 1.54) is 0 Å². The van der Waals surface area contributed by atoms with Crippen molar-refractivity contribution in [2.45, 2.75) is 20.8 Å². The Bertz CT molecular complexity index is 1190. The standard InChI is InChI=1S/C25H22N2O/c1-16-7-6-8-19(13-16)24-15-21(20-9-4-5-10-22(20)26-24)25(28)27-23-14-17(2)11-12-18(23)3/h4-15H,1-3H3,(H,27,28). The summed E-state index contributed by atoms with van der Waals surface area (Å²) >= 11 is 0. The van der Waals surface area contributed by atoms with Gasteiger partial charge in [-0.25, -0.2) is 4.98 Å². The first-order valence-electron chi connectivity index (χ1n) is 9.37. The van der Waals surface area contributed by atoms with Gasteiger partial charge in [-0.15, -0.1) is 0 Å². The van der Waals surface area contributed by atoms with Crippen LogP contribution in [0.25, 0.3) is 22.2 Å². The minimum atomic E-state index is -0.124. The van der Waals surface area contributed by atoms with E-state index in [1.54, 1.807) is 0 Å². The van der Waals surface area contributed by atoms with Crippen molar-refractivity contribution in [2.24, 2.45) is 0 Å². The number of carbonyl (C=O) groups is 1. The van der Waals surface area contributed by atoms with Crippen LogP contribution in [0.3, 0.4) is 0 Å². The predicted molar refractivity (Wildman–Crippen MR) is 116 cm³/mol. The number of rotatable bonds is 3. The van der Waals surface area contributed by atoms with Crippen LogP contribution >= 0.6 is 0 Å². The Morgan fingerprint density at radius 2 is 1.61 bits per heavy atom. The Kier molecular flexibility index (Phi) is 4.66. The average molecular weight is 366 g/mol. The van der Waals surface area contributed by atoms with Gasteiger partial charge in [0.1, 0.15) is 0 Å². The maximum atomic E-state index is 13.2. The zero-order valence-corrected chi connectivity index (χ0v) is 16.3. The highest BCUT2D eigenvalue weighted by Gasteiger charge is 2.15. The third-order valence-corrected chi connectivity index (χ3v) is 4.92. The lowest BCUT2D eigenvalue weighted by Crippen LogP contribution is -2.14. The number of hydrogen-bond acceptors (Lipinski definition) is 2. The SMILES string of the molecule is Cc1cccc(-c2cc(C(=O)Nc3cc(C)ccc3C)c3ccccc3n2)c1. The summed E-state index contributed by atoms with van der Waals surface area (Å²) in [4.78, 5) is 18.0. The van der Waals surface area contributed by atoms with Crippen LogP contribution in [0.2, 0.25) is 0 Å². The highest BCUT2D eigenvalue weighted by Crippen LogP contribution is 2.27. The molecule has 1 N–H and O–H groups in total. The minimum Gasteiger partial charge on any atom is -0.322 e. The van der Waals surface area contributed by atoms with Crippen LogP contribution in [0.5, 0.6) is 0 Å². The Labute approximate surface area is 165 Å². The van der Waals surface area contributed by atoms with Crippen LogP contribution in [-0.4, -0.2) is 10.9 Å². The second-order valence-electron chi connectivity index (χ2n) is 7.21. The molecule has 28 heavy (non-hydrogen) atoms. The van der Waals surface area contributed by atoms with Gasteiger partial charge >= 0.3 is 0 Å². The Balaban J connectivity index is 1.83. The van der Waals surface area contributed by atoms with Crippen molar-refractivity contribution in [1.82, 2.24) is 4.98 Å². The number of nitrogens with zero attached hydrogens (tertiary/aromatic N) is 1. The van der Waals surface area contributed by atoms with E-state index in [0.29, 0.717) is 5.56 Å². The summed E-state index contributed by atoms with van der Waals surface area (Å²) in [6.45, 7) is 6.07. The number of hydrogen-bond donors (Lipinski definition) is 1. The van der Waals surface area contributed by atoms with Crippen LogP contribution < -0.4 is 5.32 Å². The van der Waals surface area contributed by atoms with Crippen LogP contribution in [0.1, 0.15) is 27.0 Å². The van der Waals surface area contributed by atoms with Gasteiger partial charge in [0.25, 0.3) is 5.91 Å². The van der Waals surface area contributed by atoms with E-state index in [0.717, 1.165) is 44.5 Å². The van der Waals surface area contributed by atoms with E-state index < -0.39 is 0 Å². The number of nitrogens with one attached hydrogen (secondary N) is 1. The Morgan fingerprint density at radius 3 is 2.43 bits per heavy atom. The average Bonchev–Trinajstić information content (AvgIpc) is 2.70. The lowest BCUT2D eigenvalue weighted by Gasteiger charge is -2.13. The molecule has 0 aliphatic rings. The Hall–Kier alpha value is -3.46. The van der Waals surface area contributed by atoms with Gasteiger partial charge in [0.15, 0.2) is 0 Å². The number of pyridine rings is 1. The van der Waals surface area contributed by atoms with Gasteiger partial charge in [-0.2, -0.15) is 0 Å². The molecule has 0 spiro atoms. The third kappa shape index (κ3) is 3.52. The normalized spacial score (nSPS) is 10.8. The van der Waals surface area contributed by atoms with Crippen molar-refractivity contribution in [3.05, 3.63) is 95.1 Å². The number of anilines is 1. The molecule has 4 rings (SSSR count). The van der Waals surface area contributed by atoms with Gasteiger partial charge in [-0.3, -0.25) is 4.79 Å². The van der Waals surface area contributed by atoms with Gasteiger partial charge in [0, 0.05) is 16.6 Å². The summed E-state index contributed by atoms with van der Waals surface area (Å²) in [7, 11) is 0. The smallest absolute Gasteiger partial charge is 0.256 e. The van der Waals surface area contributed by atoms with E-state index in [9.17, 15) is 4.79 Å². The number of aryl methyl sites for hydroxylation is 3. The minimum absolute atomic E-state index is 0.124. The molecule has 3 aromatic carbocycles. The molecular formula is C25H22N2O. The molecule has 3 nitrogen and oxygen atoms in total. The molecule has 0 saturated heterocycles. The number of fused-ring (bicyclic) bond motifs is 1. The predicted octanol–water partition coefficient (Wildman–Crippen LogP) is 6.08. The highest BCUT2D eigenvalue weighted by molar-refractivity contribution is 6.13. The molecule has 0 aliphatic carbocycles. The summed E-state index contributed by atoms with van der Waals surface area (Å²) < 4.78 is 0. The number of amides is 1. The molecule has 4 aromatic rings. The molecule has 1 heterocycles. The van der Waals surface area contributed by atoms with Crippen molar-refractivity contribution < 1.29 is 4.79 Å². The van der Waals surface area contributed by atoms with Crippen molar-refractivity contribution in [3.63, 3.8) is 0 Å². The van der Waals surface area contributed by atoms with Gasteiger partial charge in [-0.1, -0.05) is 54.1 Å². The number of aromatic nitrogens is 1. The van der Waals surface area contributed by atoms with E-state index >= 15 is 0 Å². The maximum absolute atomic E-state index is 13.2. The fraction of sp³-hybridized carbons (Fsp3) is 0.120. The molecule has 1 aromatic heterocycles. The zero-order valence-electron chi connectivity index (χ0n) is 16.3. The molecule has 0 unspecified atom stereocenters. The summed E-state index contributed by atoms with van der Waals surface area (Å²) in [6.07, 6.45) is 0. The molecule has 3 heteroatoms. The van der Waals surface area contributed by atoms with Crippen molar-refractivity contribution in [1.29, 1.82) is 0 Å². The molecule has 0 fully saturated rings. The zero-order chi connectivity index (χ0) is 19.7. The lowest BCUT2D eigenvalue weighted by molar-refractivity contribution is 0.102. The van der Waals surface area contributed by atoms with E-state index in [4.69, 9.17) is 4.98 Å². The molecule has 1 amide bonds. The fourth-order valence-corrected chi connectivity index (χ4v) is 3.38. The van der Waals surface area contributed by atoms with Crippen LogP contribution in [0.4, 0.5) is 5.69 Å². The molecule has 0 aliphatic heterocycles. The summed E-state index contributed by atoms with van der Waals surface area (Å²) in [6, 6.07) is 23.9. The lowest BCUT2D eigenvalue weighted by atomic mass is 10.0. The molecule has 0 bridgehead atoms. The Morgan fingerprint density at radius 1 is 0.821 bits per heavy atom. The highest BCUT2D eigenvalue weighted by atomic mass is 16.1. The first kappa shape index (κ1) is 17.9. The van der Waals surface area contributed by atoms with Crippen molar-refractivity contribution >= 4 is 22.5 Å². The van der Waals surface area contributed by atoms with E-state index in [-0.39, 0.29) is 5.91 Å². The van der Waals surface area contributed by atoms with Crippen LogP contribution in [-0.2, 0) is 0 Å². The quantitative estimate of drug-likeness (QED) is 0.477. The number of benzene rings is 3. The second kappa shape index (κ2) is 7.28. The van der Waals surface area contributed by atoms with Gasteiger partial charge in [-0.05, 0) is 56.2 Å². The van der Waals surface area contributed by atoms with Gasteiger partial charge in [0.2, 0.25) is 0 Å². The largest absolute Gasteiger partial charge is 0.322 e. The summed E-state index contributed by atoms with van der Waals surface area (Å²) in [5.74, 6) is -0.124. The van der Waals surface area contributed by atoms with Gasteiger partial charge in [0.05, 0.1) is 16.8 Å². The second-order valence-corrected chi connectivity index (χ2v) is 7.21. The topological polar surface area (TPSA) is 42.0 Å². The molecule has 138 valence electrons. The molecular weight excluding hydrogens is 344 g/mol. The first-order chi connectivity index (χ1) is 13.5. The number of para-hydroxylation sites is 1. The van der Waals surface area contributed by atoms with E-state index in [2.05, 4.69) is 24.4 Å². The third-order valence-electron chi connectivity index (χ3n) is 4.92. The van der Waals surface area contributed by atoms with Crippen LogP contribution in [0.15, 0.2) is 72.8 Å². The summed E-state index contributed by atoms with van der Waals surface area (Å²) in [5, 5.41) is 3.93. The van der Waals surface area contributed by atoms with Gasteiger partial charge < -0.3 is 5.32 Å². The fourth-order valence-electron chi connectivity index (χ4n) is 3.38. The van der Waals surface area contributed by atoms with Crippen molar-refractivity contribution in [3.8, 4) is 11.3 Å². The molecule has 0 saturated carbocycles.